The predicted molar refractivity (Wildman–Crippen MR) is 119 cm³/mol. The first-order valence-electron chi connectivity index (χ1n) is 9.85. The van der Waals surface area contributed by atoms with Crippen molar-refractivity contribution in [1.82, 2.24) is 25.3 Å². The zero-order chi connectivity index (χ0) is 17.8. The average molecular weight is 474 g/mol. The average Bonchev–Trinajstić information content (AvgIpc) is 3.18. The maximum Gasteiger partial charge on any atom is 0.191 e. The summed E-state index contributed by atoms with van der Waals surface area (Å²) in [6.07, 6.45) is 6.73. The van der Waals surface area contributed by atoms with Gasteiger partial charge in [0.25, 0.3) is 0 Å². The van der Waals surface area contributed by atoms with Crippen molar-refractivity contribution in [3.05, 3.63) is 17.5 Å². The molecule has 0 aromatic carbocycles. The van der Waals surface area contributed by atoms with Gasteiger partial charge in [0.05, 0.1) is 5.69 Å². The lowest BCUT2D eigenvalue weighted by Crippen LogP contribution is -2.46. The molecule has 2 aliphatic rings. The zero-order valence-electron chi connectivity index (χ0n) is 16.7. The van der Waals surface area contributed by atoms with E-state index in [1.54, 1.807) is 0 Å². The summed E-state index contributed by atoms with van der Waals surface area (Å²) in [5, 5.41) is 11.8. The molecule has 7 heteroatoms. The van der Waals surface area contributed by atoms with Crippen LogP contribution in [0.3, 0.4) is 0 Å². The summed E-state index contributed by atoms with van der Waals surface area (Å²) in [5.41, 5.74) is 2.67. The third kappa shape index (κ3) is 5.58. The van der Waals surface area contributed by atoms with Crippen LogP contribution in [-0.2, 0) is 12.8 Å². The van der Waals surface area contributed by atoms with Crippen LogP contribution in [0, 0.1) is 5.92 Å². The van der Waals surface area contributed by atoms with Crippen LogP contribution in [0.5, 0.6) is 0 Å². The summed E-state index contributed by atoms with van der Waals surface area (Å²) in [6, 6.07) is 0.854. The third-order valence-electron chi connectivity index (χ3n) is 5.31. The standard InChI is InChI=1S/C19H34N6.HI/c1-5-20-19(21-11-15-8-9-24(4)12-15)22-17-7-6-16-13-25(14(2)3)23-18(16)10-17;/h13-15,17H,5-12H2,1-4H3,(H2,20,21,22);1H. The number of halogens is 1. The first kappa shape index (κ1) is 21.5. The van der Waals surface area contributed by atoms with Gasteiger partial charge in [-0.3, -0.25) is 9.67 Å². The molecule has 26 heavy (non-hydrogen) atoms. The van der Waals surface area contributed by atoms with E-state index in [-0.39, 0.29) is 24.0 Å². The van der Waals surface area contributed by atoms with Crippen LogP contribution in [-0.4, -0.2) is 59.9 Å². The van der Waals surface area contributed by atoms with E-state index in [0.29, 0.717) is 18.0 Å². The Morgan fingerprint density at radius 3 is 2.85 bits per heavy atom. The fourth-order valence-corrected chi connectivity index (χ4v) is 3.81. The predicted octanol–water partition coefficient (Wildman–Crippen LogP) is 2.45. The smallest absolute Gasteiger partial charge is 0.191 e. The molecule has 1 fully saturated rings. The molecule has 3 rings (SSSR count). The van der Waals surface area contributed by atoms with Crippen LogP contribution in [0.2, 0.25) is 0 Å². The highest BCUT2D eigenvalue weighted by molar-refractivity contribution is 14.0. The minimum Gasteiger partial charge on any atom is -0.357 e. The number of hydrogen-bond acceptors (Lipinski definition) is 3. The van der Waals surface area contributed by atoms with Gasteiger partial charge in [0, 0.05) is 44.3 Å². The summed E-state index contributed by atoms with van der Waals surface area (Å²) in [4.78, 5) is 7.25. The summed E-state index contributed by atoms with van der Waals surface area (Å²) < 4.78 is 2.10. The Morgan fingerprint density at radius 2 is 2.19 bits per heavy atom. The molecule has 2 heterocycles. The van der Waals surface area contributed by atoms with Crippen LogP contribution in [0.25, 0.3) is 0 Å². The van der Waals surface area contributed by atoms with Crippen molar-refractivity contribution in [2.75, 3.05) is 33.2 Å². The van der Waals surface area contributed by atoms with Gasteiger partial charge in [0.1, 0.15) is 0 Å². The van der Waals surface area contributed by atoms with Crippen molar-refractivity contribution in [3.8, 4) is 0 Å². The van der Waals surface area contributed by atoms with Gasteiger partial charge in [-0.25, -0.2) is 0 Å². The van der Waals surface area contributed by atoms with Gasteiger partial charge in [-0.15, -0.1) is 24.0 Å². The molecule has 0 radical (unpaired) electrons. The largest absolute Gasteiger partial charge is 0.357 e. The molecule has 1 aromatic rings. The highest BCUT2D eigenvalue weighted by Gasteiger charge is 2.23. The maximum absolute atomic E-state index is 4.86. The van der Waals surface area contributed by atoms with Gasteiger partial charge in [0.15, 0.2) is 5.96 Å². The van der Waals surface area contributed by atoms with E-state index < -0.39 is 0 Å². The van der Waals surface area contributed by atoms with Crippen LogP contribution >= 0.6 is 24.0 Å². The number of nitrogens with zero attached hydrogens (tertiary/aromatic N) is 4. The van der Waals surface area contributed by atoms with Gasteiger partial charge in [-0.1, -0.05) is 0 Å². The molecule has 0 saturated carbocycles. The van der Waals surface area contributed by atoms with Gasteiger partial charge in [0.2, 0.25) is 0 Å². The van der Waals surface area contributed by atoms with Crippen LogP contribution < -0.4 is 10.6 Å². The highest BCUT2D eigenvalue weighted by atomic mass is 127. The molecule has 1 aliphatic carbocycles. The normalized spacial score (nSPS) is 23.7. The molecule has 2 atom stereocenters. The fourth-order valence-electron chi connectivity index (χ4n) is 3.81. The van der Waals surface area contributed by atoms with Gasteiger partial charge >= 0.3 is 0 Å². The van der Waals surface area contributed by atoms with Crippen LogP contribution in [0.4, 0.5) is 0 Å². The van der Waals surface area contributed by atoms with Gasteiger partial charge in [-0.05, 0) is 65.1 Å². The fraction of sp³-hybridized carbons (Fsp3) is 0.789. The minimum absolute atomic E-state index is 0. The highest BCUT2D eigenvalue weighted by Crippen LogP contribution is 2.22. The number of aliphatic imine (C=N–C) groups is 1. The Morgan fingerprint density at radius 1 is 1.38 bits per heavy atom. The number of rotatable bonds is 5. The molecule has 2 unspecified atom stereocenters. The summed E-state index contributed by atoms with van der Waals surface area (Å²) in [7, 11) is 2.20. The maximum atomic E-state index is 4.86. The molecule has 1 aliphatic heterocycles. The van der Waals surface area contributed by atoms with Gasteiger partial charge < -0.3 is 15.5 Å². The lowest BCUT2D eigenvalue weighted by molar-refractivity contribution is 0.397. The molecule has 1 saturated heterocycles. The van der Waals surface area contributed by atoms with Crippen molar-refractivity contribution >= 4 is 29.9 Å². The Labute approximate surface area is 175 Å². The van der Waals surface area contributed by atoms with Crippen molar-refractivity contribution in [2.45, 2.75) is 58.5 Å². The minimum atomic E-state index is 0. The van der Waals surface area contributed by atoms with E-state index in [1.165, 1.54) is 30.8 Å². The Kier molecular flexibility index (Phi) is 8.19. The number of aromatic nitrogens is 2. The zero-order valence-corrected chi connectivity index (χ0v) is 19.0. The summed E-state index contributed by atoms with van der Waals surface area (Å²) in [6.45, 7) is 10.7. The molecule has 148 valence electrons. The molecule has 0 spiro atoms. The summed E-state index contributed by atoms with van der Waals surface area (Å²) in [5.74, 6) is 1.66. The number of nitrogens with one attached hydrogen (secondary N) is 2. The number of guanidine groups is 1. The molecule has 2 N–H and O–H groups in total. The van der Waals surface area contributed by atoms with Crippen LogP contribution in [0.15, 0.2) is 11.2 Å². The molecule has 1 aromatic heterocycles. The number of fused-ring (bicyclic) bond motifs is 1. The van der Waals surface area contributed by atoms with Gasteiger partial charge in [-0.2, -0.15) is 5.10 Å². The third-order valence-corrected chi connectivity index (χ3v) is 5.31. The van der Waals surface area contributed by atoms with E-state index in [0.717, 1.165) is 38.3 Å². The first-order chi connectivity index (χ1) is 12.0. The molecule has 6 nitrogen and oxygen atoms in total. The molecule has 0 amide bonds. The molecule has 0 bridgehead atoms. The first-order valence-corrected chi connectivity index (χ1v) is 9.85. The van der Waals surface area contributed by atoms with E-state index in [1.807, 2.05) is 0 Å². The SMILES string of the molecule is CCNC(=NCC1CCN(C)C1)NC1CCc2cn(C(C)C)nc2C1.I. The van der Waals surface area contributed by atoms with E-state index in [9.17, 15) is 0 Å². The van der Waals surface area contributed by atoms with Crippen molar-refractivity contribution < 1.29 is 0 Å². The number of aryl methyl sites for hydroxylation is 1. The molecular weight excluding hydrogens is 439 g/mol. The van der Waals surface area contributed by atoms with Crippen molar-refractivity contribution in [1.29, 1.82) is 0 Å². The second-order valence-corrected chi connectivity index (χ2v) is 7.90. The van der Waals surface area contributed by atoms with E-state index in [2.05, 4.69) is 54.2 Å². The van der Waals surface area contributed by atoms with Crippen molar-refractivity contribution in [3.63, 3.8) is 0 Å². The quantitative estimate of drug-likeness (QED) is 0.391. The lowest BCUT2D eigenvalue weighted by Gasteiger charge is -2.24. The van der Waals surface area contributed by atoms with Crippen LogP contribution in [0.1, 0.15) is 50.9 Å². The van der Waals surface area contributed by atoms with E-state index in [4.69, 9.17) is 10.1 Å². The second kappa shape index (κ2) is 9.92. The number of likely N-dealkylation sites (tertiary alicyclic amines) is 1. The molecular formula is C19H35IN6. The lowest BCUT2D eigenvalue weighted by atomic mass is 9.94. The topological polar surface area (TPSA) is 57.5 Å². The summed E-state index contributed by atoms with van der Waals surface area (Å²) >= 11 is 0. The monoisotopic (exact) mass is 474 g/mol. The number of hydrogen-bond donors (Lipinski definition) is 2. The Balaban J connectivity index is 0.00000243. The Bertz CT molecular complexity index is 597. The second-order valence-electron chi connectivity index (χ2n) is 7.90. The van der Waals surface area contributed by atoms with Crippen molar-refractivity contribution in [2.24, 2.45) is 10.9 Å². The Hall–Kier alpha value is -0.830. The van der Waals surface area contributed by atoms with E-state index >= 15 is 0 Å².